The van der Waals surface area contributed by atoms with Crippen molar-refractivity contribution in [1.82, 2.24) is 0 Å². The van der Waals surface area contributed by atoms with E-state index in [4.69, 9.17) is 10.00 Å². The molecule has 1 fully saturated rings. The Bertz CT molecular complexity index is 482. The Morgan fingerprint density at radius 2 is 1.89 bits per heavy atom. The van der Waals surface area contributed by atoms with Crippen LogP contribution in [0.4, 0.5) is 5.69 Å². The van der Waals surface area contributed by atoms with Gasteiger partial charge in [-0.1, -0.05) is 12.1 Å². The minimum absolute atomic E-state index is 0.0814. The molecular weight excluding hydrogens is 236 g/mol. The summed E-state index contributed by atoms with van der Waals surface area (Å²) in [5, 5.41) is 12.2. The molecule has 1 aliphatic heterocycles. The fourth-order valence-electron chi connectivity index (χ4n) is 2.80. The summed E-state index contributed by atoms with van der Waals surface area (Å²) in [6, 6.07) is 10.5. The van der Waals surface area contributed by atoms with Gasteiger partial charge in [0.15, 0.2) is 0 Å². The van der Waals surface area contributed by atoms with Crippen LogP contribution in [-0.4, -0.2) is 17.2 Å². The Labute approximate surface area is 115 Å². The molecule has 1 N–H and O–H groups in total. The SMILES string of the molecule is CC1(C)CC(Nc2ccc(CC#N)cc2)C(C)(C)O1. The number of ether oxygens (including phenoxy) is 1. The zero-order chi connectivity index (χ0) is 14.1. The highest BCUT2D eigenvalue weighted by Crippen LogP contribution is 2.38. The lowest BCUT2D eigenvalue weighted by molar-refractivity contribution is -0.0662. The molecule has 1 aromatic carbocycles. The summed E-state index contributed by atoms with van der Waals surface area (Å²) in [6.45, 7) is 8.52. The van der Waals surface area contributed by atoms with E-state index in [0.29, 0.717) is 12.5 Å². The van der Waals surface area contributed by atoms with Crippen molar-refractivity contribution in [2.75, 3.05) is 5.32 Å². The molecule has 0 radical (unpaired) electrons. The molecule has 2 rings (SSSR count). The monoisotopic (exact) mass is 258 g/mol. The van der Waals surface area contributed by atoms with Crippen molar-refractivity contribution in [3.8, 4) is 6.07 Å². The van der Waals surface area contributed by atoms with E-state index in [9.17, 15) is 0 Å². The normalized spacial score (nSPS) is 23.8. The Morgan fingerprint density at radius 3 is 2.37 bits per heavy atom. The summed E-state index contributed by atoms with van der Waals surface area (Å²) in [4.78, 5) is 0. The molecule has 0 spiro atoms. The highest BCUT2D eigenvalue weighted by molar-refractivity contribution is 5.46. The van der Waals surface area contributed by atoms with E-state index < -0.39 is 0 Å². The molecule has 19 heavy (non-hydrogen) atoms. The van der Waals surface area contributed by atoms with Crippen LogP contribution in [0.1, 0.15) is 39.7 Å². The number of nitrogens with one attached hydrogen (secondary N) is 1. The third kappa shape index (κ3) is 3.27. The van der Waals surface area contributed by atoms with Gasteiger partial charge in [0.2, 0.25) is 0 Å². The van der Waals surface area contributed by atoms with Gasteiger partial charge in [-0.15, -0.1) is 0 Å². The van der Waals surface area contributed by atoms with Crippen molar-refractivity contribution in [3.05, 3.63) is 29.8 Å². The van der Waals surface area contributed by atoms with Gasteiger partial charge >= 0.3 is 0 Å². The number of nitrogens with zero attached hydrogens (tertiary/aromatic N) is 1. The average Bonchev–Trinajstić information content (AvgIpc) is 2.50. The van der Waals surface area contributed by atoms with Crippen LogP contribution in [0.5, 0.6) is 0 Å². The first-order chi connectivity index (χ1) is 8.82. The smallest absolute Gasteiger partial charge is 0.0834 e. The number of hydrogen-bond acceptors (Lipinski definition) is 3. The first-order valence-corrected chi connectivity index (χ1v) is 6.75. The van der Waals surface area contributed by atoms with E-state index in [-0.39, 0.29) is 11.2 Å². The molecule has 1 unspecified atom stereocenters. The summed E-state index contributed by atoms with van der Waals surface area (Å²) in [7, 11) is 0. The van der Waals surface area contributed by atoms with Crippen molar-refractivity contribution in [2.45, 2.75) is 57.8 Å². The predicted octanol–water partition coefficient (Wildman–Crippen LogP) is 3.51. The Kier molecular flexibility index (Phi) is 3.56. The van der Waals surface area contributed by atoms with Gasteiger partial charge in [0.1, 0.15) is 0 Å². The van der Waals surface area contributed by atoms with Crippen LogP contribution < -0.4 is 5.32 Å². The van der Waals surface area contributed by atoms with Crippen molar-refractivity contribution in [2.24, 2.45) is 0 Å². The van der Waals surface area contributed by atoms with E-state index >= 15 is 0 Å². The van der Waals surface area contributed by atoms with E-state index in [1.54, 1.807) is 0 Å². The van der Waals surface area contributed by atoms with Gasteiger partial charge in [0, 0.05) is 5.69 Å². The second-order valence-corrected chi connectivity index (χ2v) is 6.40. The lowest BCUT2D eigenvalue weighted by Crippen LogP contribution is -2.38. The Hall–Kier alpha value is -1.53. The zero-order valence-corrected chi connectivity index (χ0v) is 12.2. The van der Waals surface area contributed by atoms with E-state index in [0.717, 1.165) is 17.7 Å². The molecule has 102 valence electrons. The van der Waals surface area contributed by atoms with E-state index in [2.05, 4.69) is 39.1 Å². The van der Waals surface area contributed by atoms with Gasteiger partial charge in [-0.05, 0) is 51.8 Å². The maximum absolute atomic E-state index is 8.66. The average molecular weight is 258 g/mol. The van der Waals surface area contributed by atoms with Crippen molar-refractivity contribution >= 4 is 5.69 Å². The van der Waals surface area contributed by atoms with Gasteiger partial charge in [-0.3, -0.25) is 0 Å². The molecule has 1 saturated heterocycles. The van der Waals surface area contributed by atoms with E-state index in [1.165, 1.54) is 0 Å². The van der Waals surface area contributed by atoms with Crippen molar-refractivity contribution in [1.29, 1.82) is 5.26 Å². The van der Waals surface area contributed by atoms with Crippen LogP contribution in [-0.2, 0) is 11.2 Å². The topological polar surface area (TPSA) is 45.0 Å². The van der Waals surface area contributed by atoms with Crippen molar-refractivity contribution < 1.29 is 4.74 Å². The third-order valence-corrected chi connectivity index (χ3v) is 3.65. The molecule has 1 atom stereocenters. The lowest BCUT2D eigenvalue weighted by atomic mass is 9.94. The molecule has 0 aromatic heterocycles. The molecule has 1 aliphatic rings. The second kappa shape index (κ2) is 4.86. The maximum Gasteiger partial charge on any atom is 0.0834 e. The van der Waals surface area contributed by atoms with Gasteiger partial charge in [-0.2, -0.15) is 5.26 Å². The fourth-order valence-corrected chi connectivity index (χ4v) is 2.80. The van der Waals surface area contributed by atoms with Crippen LogP contribution in [0.15, 0.2) is 24.3 Å². The summed E-state index contributed by atoms with van der Waals surface area (Å²) < 4.78 is 6.08. The fraction of sp³-hybridized carbons (Fsp3) is 0.562. The number of hydrogen-bond donors (Lipinski definition) is 1. The Morgan fingerprint density at radius 1 is 1.26 bits per heavy atom. The van der Waals surface area contributed by atoms with Gasteiger partial charge < -0.3 is 10.1 Å². The summed E-state index contributed by atoms with van der Waals surface area (Å²) in [6.07, 6.45) is 1.45. The molecule has 0 amide bonds. The van der Waals surface area contributed by atoms with Crippen LogP contribution in [0.2, 0.25) is 0 Å². The predicted molar refractivity (Wildman–Crippen MR) is 77.0 cm³/mol. The molecule has 1 heterocycles. The summed E-state index contributed by atoms with van der Waals surface area (Å²) in [5.74, 6) is 0. The van der Waals surface area contributed by atoms with Crippen LogP contribution in [0, 0.1) is 11.3 Å². The minimum Gasteiger partial charge on any atom is -0.379 e. The molecule has 1 aromatic rings. The summed E-state index contributed by atoms with van der Waals surface area (Å²) >= 11 is 0. The zero-order valence-electron chi connectivity index (χ0n) is 12.2. The Balaban J connectivity index is 2.07. The molecule has 0 aliphatic carbocycles. The molecule has 3 heteroatoms. The maximum atomic E-state index is 8.66. The third-order valence-electron chi connectivity index (χ3n) is 3.65. The highest BCUT2D eigenvalue weighted by Gasteiger charge is 2.45. The minimum atomic E-state index is -0.172. The van der Waals surface area contributed by atoms with Crippen LogP contribution >= 0.6 is 0 Å². The van der Waals surface area contributed by atoms with Crippen molar-refractivity contribution in [3.63, 3.8) is 0 Å². The van der Waals surface area contributed by atoms with E-state index in [1.807, 2.05) is 24.3 Å². The molecule has 3 nitrogen and oxygen atoms in total. The van der Waals surface area contributed by atoms with Crippen LogP contribution in [0.3, 0.4) is 0 Å². The standard InChI is InChI=1S/C16H22N2O/c1-15(2)11-14(16(3,4)19-15)18-13-7-5-12(6-8-13)9-10-17/h5-8,14,18H,9,11H2,1-4H3. The molecular formula is C16H22N2O. The first-order valence-electron chi connectivity index (χ1n) is 6.75. The highest BCUT2D eigenvalue weighted by atomic mass is 16.5. The number of rotatable bonds is 3. The van der Waals surface area contributed by atoms with Gasteiger partial charge in [-0.25, -0.2) is 0 Å². The van der Waals surface area contributed by atoms with Crippen LogP contribution in [0.25, 0.3) is 0 Å². The van der Waals surface area contributed by atoms with Gasteiger partial charge in [0.25, 0.3) is 0 Å². The molecule has 0 saturated carbocycles. The number of benzene rings is 1. The molecule has 0 bridgehead atoms. The number of anilines is 1. The van der Waals surface area contributed by atoms with Gasteiger partial charge in [0.05, 0.1) is 29.7 Å². The first kappa shape index (κ1) is 13.9. The second-order valence-electron chi connectivity index (χ2n) is 6.40. The number of nitriles is 1. The quantitative estimate of drug-likeness (QED) is 0.902. The lowest BCUT2D eigenvalue weighted by Gasteiger charge is -2.28. The summed E-state index contributed by atoms with van der Waals surface area (Å²) in [5.41, 5.74) is 1.88. The largest absolute Gasteiger partial charge is 0.379 e.